The second kappa shape index (κ2) is 9.58. The van der Waals surface area contributed by atoms with E-state index in [0.717, 1.165) is 61.2 Å². The quantitative estimate of drug-likeness (QED) is 0.565. The van der Waals surface area contributed by atoms with Crippen molar-refractivity contribution < 1.29 is 9.53 Å². The van der Waals surface area contributed by atoms with Gasteiger partial charge in [0.25, 0.3) is 5.91 Å². The second-order valence-corrected chi connectivity index (χ2v) is 9.28. The molecule has 0 bridgehead atoms. The van der Waals surface area contributed by atoms with Crippen molar-refractivity contribution in [3.63, 3.8) is 0 Å². The SMILES string of the molecule is O=C1c2ccccc2N[C@H](c2csc(-c3ccc(Cl)cc3)n2)N1CCCN1CCOCC1. The number of nitrogens with zero attached hydrogens (tertiary/aromatic N) is 3. The summed E-state index contributed by atoms with van der Waals surface area (Å²) in [7, 11) is 0. The molecule has 0 unspecified atom stereocenters. The first kappa shape index (κ1) is 21.4. The van der Waals surface area contributed by atoms with Gasteiger partial charge in [0.15, 0.2) is 0 Å². The van der Waals surface area contributed by atoms with Crippen LogP contribution in [0.2, 0.25) is 5.02 Å². The number of amides is 1. The van der Waals surface area contributed by atoms with Crippen LogP contribution in [-0.4, -0.2) is 60.1 Å². The zero-order valence-corrected chi connectivity index (χ0v) is 19.2. The molecule has 2 aliphatic rings. The highest BCUT2D eigenvalue weighted by Crippen LogP contribution is 2.35. The van der Waals surface area contributed by atoms with E-state index in [1.165, 1.54) is 0 Å². The number of fused-ring (bicyclic) bond motifs is 1. The summed E-state index contributed by atoms with van der Waals surface area (Å²) in [6.07, 6.45) is 0.611. The lowest BCUT2D eigenvalue weighted by atomic mass is 10.1. The fraction of sp³-hybridized carbons (Fsp3) is 0.333. The molecule has 3 aromatic rings. The number of nitrogens with one attached hydrogen (secondary N) is 1. The van der Waals surface area contributed by atoms with Gasteiger partial charge in [-0.15, -0.1) is 11.3 Å². The van der Waals surface area contributed by atoms with Gasteiger partial charge in [-0.1, -0.05) is 35.9 Å². The van der Waals surface area contributed by atoms with E-state index in [-0.39, 0.29) is 12.1 Å². The first-order chi connectivity index (χ1) is 15.7. The Labute approximate surface area is 196 Å². The number of halogens is 1. The number of carbonyl (C=O) groups excluding carboxylic acids is 1. The topological polar surface area (TPSA) is 57.7 Å². The molecular formula is C24H25ClN4O2S. The second-order valence-electron chi connectivity index (χ2n) is 7.98. The van der Waals surface area contributed by atoms with Crippen molar-refractivity contribution in [3.05, 3.63) is 70.2 Å². The molecule has 32 heavy (non-hydrogen) atoms. The van der Waals surface area contributed by atoms with Gasteiger partial charge in [0.2, 0.25) is 0 Å². The van der Waals surface area contributed by atoms with Crippen LogP contribution in [0.3, 0.4) is 0 Å². The molecule has 0 spiro atoms. The molecule has 8 heteroatoms. The predicted octanol–water partition coefficient (Wildman–Crippen LogP) is 4.75. The first-order valence-corrected chi connectivity index (χ1v) is 12.1. The lowest BCUT2D eigenvalue weighted by Crippen LogP contribution is -2.45. The number of para-hydroxylation sites is 1. The van der Waals surface area contributed by atoms with E-state index in [0.29, 0.717) is 17.1 Å². The van der Waals surface area contributed by atoms with Crippen molar-refractivity contribution in [2.75, 3.05) is 44.7 Å². The normalized spacial score (nSPS) is 19.0. The van der Waals surface area contributed by atoms with Gasteiger partial charge in [-0.05, 0) is 30.7 Å². The fourth-order valence-electron chi connectivity index (χ4n) is 4.18. The van der Waals surface area contributed by atoms with Gasteiger partial charge in [-0.25, -0.2) is 4.98 Å². The largest absolute Gasteiger partial charge is 0.379 e. The van der Waals surface area contributed by atoms with E-state index in [2.05, 4.69) is 10.2 Å². The molecule has 5 rings (SSSR count). The minimum absolute atomic E-state index is 0.0485. The Morgan fingerprint density at radius 1 is 1.09 bits per heavy atom. The number of hydrogen-bond donors (Lipinski definition) is 1. The Bertz CT molecular complexity index is 1080. The van der Waals surface area contributed by atoms with Crippen LogP contribution in [0.25, 0.3) is 10.6 Å². The summed E-state index contributed by atoms with van der Waals surface area (Å²) < 4.78 is 5.44. The molecule has 1 N–H and O–H groups in total. The highest BCUT2D eigenvalue weighted by molar-refractivity contribution is 7.13. The first-order valence-electron chi connectivity index (χ1n) is 10.9. The Morgan fingerprint density at radius 2 is 1.88 bits per heavy atom. The van der Waals surface area contributed by atoms with Crippen LogP contribution in [0.4, 0.5) is 5.69 Å². The summed E-state index contributed by atoms with van der Waals surface area (Å²) >= 11 is 7.61. The molecule has 1 saturated heterocycles. The van der Waals surface area contributed by atoms with Crippen molar-refractivity contribution in [1.29, 1.82) is 0 Å². The van der Waals surface area contributed by atoms with Crippen molar-refractivity contribution in [3.8, 4) is 10.6 Å². The van der Waals surface area contributed by atoms with E-state index in [1.807, 2.05) is 58.8 Å². The van der Waals surface area contributed by atoms with Crippen molar-refractivity contribution >= 4 is 34.5 Å². The summed E-state index contributed by atoms with van der Waals surface area (Å²) in [5.41, 5.74) is 3.44. The molecule has 1 amide bonds. The Morgan fingerprint density at radius 3 is 2.69 bits per heavy atom. The lowest BCUT2D eigenvalue weighted by Gasteiger charge is -2.37. The number of carbonyl (C=O) groups is 1. The van der Waals surface area contributed by atoms with Crippen LogP contribution in [0.15, 0.2) is 53.9 Å². The summed E-state index contributed by atoms with van der Waals surface area (Å²) in [5.74, 6) is 0.0485. The van der Waals surface area contributed by atoms with Gasteiger partial charge in [-0.3, -0.25) is 9.69 Å². The highest BCUT2D eigenvalue weighted by atomic mass is 35.5. The third-order valence-electron chi connectivity index (χ3n) is 5.89. The number of morpholine rings is 1. The maximum Gasteiger partial charge on any atom is 0.257 e. The van der Waals surface area contributed by atoms with Crippen molar-refractivity contribution in [2.45, 2.75) is 12.6 Å². The molecule has 1 aromatic heterocycles. The lowest BCUT2D eigenvalue weighted by molar-refractivity contribution is 0.0348. The van der Waals surface area contributed by atoms with Crippen LogP contribution >= 0.6 is 22.9 Å². The molecule has 0 radical (unpaired) electrons. The van der Waals surface area contributed by atoms with Gasteiger partial charge in [0, 0.05) is 47.8 Å². The number of ether oxygens (including phenoxy) is 1. The Hall–Kier alpha value is -2.45. The third kappa shape index (κ3) is 4.52. The maximum absolute atomic E-state index is 13.4. The number of rotatable bonds is 6. The average molecular weight is 469 g/mol. The smallest absolute Gasteiger partial charge is 0.257 e. The molecule has 1 fully saturated rings. The third-order valence-corrected chi connectivity index (χ3v) is 7.05. The van der Waals surface area contributed by atoms with Crippen LogP contribution in [0, 0.1) is 0 Å². The minimum atomic E-state index is -0.292. The minimum Gasteiger partial charge on any atom is -0.379 e. The molecule has 2 aromatic carbocycles. The van der Waals surface area contributed by atoms with Gasteiger partial charge < -0.3 is 15.0 Å². The van der Waals surface area contributed by atoms with Crippen LogP contribution in [0.1, 0.15) is 28.6 Å². The predicted molar refractivity (Wildman–Crippen MR) is 128 cm³/mol. The maximum atomic E-state index is 13.4. The molecule has 0 aliphatic carbocycles. The van der Waals surface area contributed by atoms with Crippen LogP contribution in [-0.2, 0) is 4.74 Å². The highest BCUT2D eigenvalue weighted by Gasteiger charge is 2.34. The molecule has 1 atom stereocenters. The summed E-state index contributed by atoms with van der Waals surface area (Å²) in [5, 5.41) is 7.21. The van der Waals surface area contributed by atoms with E-state index in [4.69, 9.17) is 21.3 Å². The van der Waals surface area contributed by atoms with Crippen molar-refractivity contribution in [1.82, 2.24) is 14.8 Å². The van der Waals surface area contributed by atoms with Crippen LogP contribution in [0.5, 0.6) is 0 Å². The Kier molecular flexibility index (Phi) is 6.41. The zero-order chi connectivity index (χ0) is 21.9. The Balaban J connectivity index is 1.38. The molecule has 6 nitrogen and oxygen atoms in total. The molecule has 2 aliphatic heterocycles. The zero-order valence-electron chi connectivity index (χ0n) is 17.7. The molecular weight excluding hydrogens is 444 g/mol. The number of anilines is 1. The number of aromatic nitrogens is 1. The number of thiazole rings is 1. The fourth-order valence-corrected chi connectivity index (χ4v) is 5.15. The van der Waals surface area contributed by atoms with Gasteiger partial charge in [-0.2, -0.15) is 0 Å². The van der Waals surface area contributed by atoms with E-state index in [1.54, 1.807) is 11.3 Å². The van der Waals surface area contributed by atoms with Gasteiger partial charge in [0.05, 0.1) is 24.5 Å². The van der Waals surface area contributed by atoms with E-state index in [9.17, 15) is 4.79 Å². The van der Waals surface area contributed by atoms with Gasteiger partial charge in [0.1, 0.15) is 11.2 Å². The number of benzene rings is 2. The number of hydrogen-bond acceptors (Lipinski definition) is 6. The average Bonchev–Trinajstić information content (AvgIpc) is 3.32. The van der Waals surface area contributed by atoms with E-state index >= 15 is 0 Å². The standard InChI is InChI=1S/C24H25ClN4O2S/c25-18-8-6-17(7-9-18)23-27-21(16-32-23)22-26-20-5-2-1-4-19(20)24(30)29(22)11-3-10-28-12-14-31-15-13-28/h1-2,4-9,16,22,26H,3,10-15H2/t22-/m0/s1. The molecule has 3 heterocycles. The molecule has 166 valence electrons. The summed E-state index contributed by atoms with van der Waals surface area (Å²) in [6, 6.07) is 15.4. The molecule has 0 saturated carbocycles. The summed E-state index contributed by atoms with van der Waals surface area (Å²) in [6.45, 7) is 5.09. The summed E-state index contributed by atoms with van der Waals surface area (Å²) in [4.78, 5) is 22.6. The van der Waals surface area contributed by atoms with Crippen molar-refractivity contribution in [2.24, 2.45) is 0 Å². The van der Waals surface area contributed by atoms with Gasteiger partial charge >= 0.3 is 0 Å². The van der Waals surface area contributed by atoms with E-state index < -0.39 is 0 Å². The van der Waals surface area contributed by atoms with Crippen LogP contribution < -0.4 is 5.32 Å². The monoisotopic (exact) mass is 468 g/mol.